The summed E-state index contributed by atoms with van der Waals surface area (Å²) in [6.07, 6.45) is -4.19. The highest BCUT2D eigenvalue weighted by Gasteiger charge is 2.32. The first kappa shape index (κ1) is 29.3. The van der Waals surface area contributed by atoms with E-state index < -0.39 is 23.5 Å². The van der Waals surface area contributed by atoms with Crippen molar-refractivity contribution in [2.45, 2.75) is 39.5 Å². The molecule has 10 heteroatoms. The topological polar surface area (TPSA) is 49.9 Å². The largest absolute Gasteiger partial charge is 0.416 e. The van der Waals surface area contributed by atoms with Crippen LogP contribution in [0.15, 0.2) is 60.0 Å². The van der Waals surface area contributed by atoms with Gasteiger partial charge in [-0.05, 0) is 73.2 Å². The molecular weight excluding hydrogens is 520 g/mol. The number of benzene rings is 2. The Morgan fingerprint density at radius 3 is 2.37 bits per heavy atom. The first-order valence-corrected chi connectivity index (χ1v) is 13.1. The van der Waals surface area contributed by atoms with Gasteiger partial charge in [-0.1, -0.05) is 18.2 Å². The number of carbonyl (C=O) groups is 2. The number of ether oxygens (including phenoxy) is 1. The number of halogens is 4. The van der Waals surface area contributed by atoms with Crippen LogP contribution in [0, 0.1) is 12.7 Å². The molecule has 1 heterocycles. The third-order valence-electron chi connectivity index (χ3n) is 5.91. The van der Waals surface area contributed by atoms with Gasteiger partial charge in [0.2, 0.25) is 5.91 Å². The number of alkyl halides is 3. The summed E-state index contributed by atoms with van der Waals surface area (Å²) in [7, 11) is 0. The van der Waals surface area contributed by atoms with Crippen LogP contribution in [0.5, 0.6) is 0 Å². The zero-order valence-electron chi connectivity index (χ0n) is 21.3. The molecule has 3 aromatic rings. The number of carbonyl (C=O) groups excluding carboxylic acids is 2. The molecule has 5 nitrogen and oxygen atoms in total. The second kappa shape index (κ2) is 13.5. The van der Waals surface area contributed by atoms with Gasteiger partial charge in [0.1, 0.15) is 12.4 Å². The lowest BCUT2D eigenvalue weighted by Gasteiger charge is -2.28. The summed E-state index contributed by atoms with van der Waals surface area (Å²) >= 11 is 1.50. The normalized spacial score (nSPS) is 11.4. The monoisotopic (exact) mass is 550 g/mol. The molecule has 3 rings (SSSR count). The van der Waals surface area contributed by atoms with E-state index in [1.54, 1.807) is 17.0 Å². The van der Waals surface area contributed by atoms with Crippen molar-refractivity contribution >= 4 is 23.2 Å². The van der Waals surface area contributed by atoms with E-state index in [0.29, 0.717) is 25.2 Å². The van der Waals surface area contributed by atoms with Gasteiger partial charge in [-0.15, -0.1) is 11.3 Å². The Kier molecular flexibility index (Phi) is 10.4. The van der Waals surface area contributed by atoms with E-state index in [0.717, 1.165) is 22.6 Å². The first-order chi connectivity index (χ1) is 18.1. The van der Waals surface area contributed by atoms with Crippen LogP contribution in [-0.2, 0) is 28.8 Å². The molecule has 0 atom stereocenters. The van der Waals surface area contributed by atoms with Crippen LogP contribution in [0.4, 0.5) is 17.6 Å². The van der Waals surface area contributed by atoms with Crippen molar-refractivity contribution in [3.05, 3.63) is 92.9 Å². The Labute approximate surface area is 223 Å². The lowest BCUT2D eigenvalue weighted by molar-refractivity contribution is -0.137. The minimum atomic E-state index is -4.60. The summed E-state index contributed by atoms with van der Waals surface area (Å²) in [4.78, 5) is 30.7. The van der Waals surface area contributed by atoms with Crippen molar-refractivity contribution in [2.24, 2.45) is 0 Å². The van der Waals surface area contributed by atoms with E-state index in [4.69, 9.17) is 4.74 Å². The molecular formula is C28H30F4N2O3S. The van der Waals surface area contributed by atoms with Crippen LogP contribution in [0.3, 0.4) is 0 Å². The van der Waals surface area contributed by atoms with Crippen molar-refractivity contribution in [3.8, 4) is 0 Å². The zero-order chi connectivity index (χ0) is 27.7. The van der Waals surface area contributed by atoms with E-state index in [2.05, 4.69) is 0 Å². The number of rotatable bonds is 12. The van der Waals surface area contributed by atoms with Gasteiger partial charge in [-0.3, -0.25) is 9.59 Å². The molecule has 1 aromatic heterocycles. The molecule has 2 aromatic carbocycles. The maximum atomic E-state index is 13.6. The number of aryl methyl sites for hydroxylation is 1. The molecule has 38 heavy (non-hydrogen) atoms. The van der Waals surface area contributed by atoms with E-state index >= 15 is 0 Å². The minimum Gasteiger partial charge on any atom is -0.382 e. The average Bonchev–Trinajstić information content (AvgIpc) is 3.29. The maximum Gasteiger partial charge on any atom is 0.416 e. The minimum absolute atomic E-state index is 0.128. The molecule has 0 fully saturated rings. The second-order valence-corrected chi connectivity index (χ2v) is 9.76. The Morgan fingerprint density at radius 1 is 1.00 bits per heavy atom. The molecule has 0 unspecified atom stereocenters. The fourth-order valence-electron chi connectivity index (χ4n) is 3.81. The van der Waals surface area contributed by atoms with E-state index in [-0.39, 0.29) is 37.6 Å². The van der Waals surface area contributed by atoms with Crippen LogP contribution in [0.1, 0.15) is 45.3 Å². The van der Waals surface area contributed by atoms with Crippen LogP contribution in [-0.4, -0.2) is 47.9 Å². The fourth-order valence-corrected chi connectivity index (χ4v) is 4.73. The third-order valence-corrected chi connectivity index (χ3v) is 6.92. The lowest BCUT2D eigenvalue weighted by Crippen LogP contribution is -2.43. The van der Waals surface area contributed by atoms with E-state index in [1.165, 1.54) is 40.5 Å². The maximum absolute atomic E-state index is 13.6. The summed E-state index contributed by atoms with van der Waals surface area (Å²) in [5.74, 6) is -1.44. The molecule has 0 aliphatic rings. The molecule has 0 saturated carbocycles. The van der Waals surface area contributed by atoms with Crippen molar-refractivity contribution in [1.82, 2.24) is 9.80 Å². The molecule has 0 aliphatic carbocycles. The molecule has 2 amide bonds. The highest BCUT2D eigenvalue weighted by Crippen LogP contribution is 2.30. The third kappa shape index (κ3) is 8.39. The molecule has 0 radical (unpaired) electrons. The summed E-state index contributed by atoms with van der Waals surface area (Å²) in [5, 5.41) is 1.92. The number of hydrogen-bond donors (Lipinski definition) is 0. The van der Waals surface area contributed by atoms with Crippen LogP contribution in [0.2, 0.25) is 0 Å². The summed E-state index contributed by atoms with van der Waals surface area (Å²) < 4.78 is 58.5. The number of nitrogens with zero attached hydrogens (tertiary/aromatic N) is 2. The standard InChI is InChI=1S/C28H30F4N2O3S/c1-3-37-14-5-13-33(27(36)22-6-4-7-23(16-22)28(30,31)32)19-26(35)34(18-25-20(2)12-15-38-25)17-21-8-10-24(29)11-9-21/h4,6-12,15-16H,3,5,13-14,17-19H2,1-2H3. The van der Waals surface area contributed by atoms with Crippen LogP contribution < -0.4 is 0 Å². The van der Waals surface area contributed by atoms with E-state index in [9.17, 15) is 27.2 Å². The molecule has 0 N–H and O–H groups in total. The van der Waals surface area contributed by atoms with Gasteiger partial charge in [-0.25, -0.2) is 4.39 Å². The Hall–Kier alpha value is -3.24. The van der Waals surface area contributed by atoms with Crippen LogP contribution >= 0.6 is 11.3 Å². The van der Waals surface area contributed by atoms with E-state index in [1.807, 2.05) is 25.3 Å². The molecule has 0 spiro atoms. The quantitative estimate of drug-likeness (QED) is 0.196. The SMILES string of the molecule is CCOCCCN(CC(=O)N(Cc1ccc(F)cc1)Cc1sccc1C)C(=O)c1cccc(C(F)(F)F)c1. The number of thiophene rings is 1. The Bertz CT molecular complexity index is 1210. The van der Waals surface area contributed by atoms with Gasteiger partial charge in [-0.2, -0.15) is 13.2 Å². The van der Waals surface area contributed by atoms with Gasteiger partial charge in [0.25, 0.3) is 5.91 Å². The first-order valence-electron chi connectivity index (χ1n) is 12.2. The number of hydrogen-bond acceptors (Lipinski definition) is 4. The second-order valence-electron chi connectivity index (χ2n) is 8.76. The molecule has 0 aliphatic heterocycles. The van der Waals surface area contributed by atoms with Gasteiger partial charge >= 0.3 is 6.18 Å². The highest BCUT2D eigenvalue weighted by atomic mass is 32.1. The highest BCUT2D eigenvalue weighted by molar-refractivity contribution is 7.10. The molecule has 0 saturated heterocycles. The van der Waals surface area contributed by atoms with Crippen molar-refractivity contribution < 1.29 is 31.9 Å². The average molecular weight is 551 g/mol. The number of amides is 2. The van der Waals surface area contributed by atoms with Gasteiger partial charge in [0.15, 0.2) is 0 Å². The van der Waals surface area contributed by atoms with Crippen molar-refractivity contribution in [3.63, 3.8) is 0 Å². The molecule has 204 valence electrons. The Balaban J connectivity index is 1.85. The van der Waals surface area contributed by atoms with Crippen LogP contribution in [0.25, 0.3) is 0 Å². The lowest BCUT2D eigenvalue weighted by atomic mass is 10.1. The smallest absolute Gasteiger partial charge is 0.382 e. The van der Waals surface area contributed by atoms with Gasteiger partial charge in [0, 0.05) is 36.7 Å². The summed E-state index contributed by atoms with van der Waals surface area (Å²) in [5.41, 5.74) is 0.639. The van der Waals surface area contributed by atoms with Gasteiger partial charge < -0.3 is 14.5 Å². The van der Waals surface area contributed by atoms with Gasteiger partial charge in [0.05, 0.1) is 12.1 Å². The Morgan fingerprint density at radius 2 is 1.74 bits per heavy atom. The summed E-state index contributed by atoms with van der Waals surface area (Å²) in [6.45, 7) is 4.84. The predicted octanol–water partition coefficient (Wildman–Crippen LogP) is 6.31. The summed E-state index contributed by atoms with van der Waals surface area (Å²) in [6, 6.07) is 11.9. The van der Waals surface area contributed by atoms with Crippen molar-refractivity contribution in [1.29, 1.82) is 0 Å². The predicted molar refractivity (Wildman–Crippen MR) is 138 cm³/mol. The zero-order valence-corrected chi connectivity index (χ0v) is 22.1. The fraction of sp³-hybridized carbons (Fsp3) is 0.357. The molecule has 0 bridgehead atoms. The van der Waals surface area contributed by atoms with Crippen molar-refractivity contribution in [2.75, 3.05) is 26.3 Å².